The molecule has 0 radical (unpaired) electrons. The molecule has 7 nitrogen and oxygen atoms in total. The van der Waals surface area contributed by atoms with Gasteiger partial charge in [-0.15, -0.1) is 0 Å². The van der Waals surface area contributed by atoms with Gasteiger partial charge in [-0.25, -0.2) is 9.78 Å². The Morgan fingerprint density at radius 3 is 2.75 bits per heavy atom. The second-order valence-electron chi connectivity index (χ2n) is 9.54. The topological polar surface area (TPSA) is 78.5 Å². The summed E-state index contributed by atoms with van der Waals surface area (Å²) in [6.45, 7) is 8.80. The molecule has 154 valence electrons. The first kappa shape index (κ1) is 19.4. The van der Waals surface area contributed by atoms with Crippen LogP contribution in [0.5, 0.6) is 0 Å². The number of hydrogen-bond donors (Lipinski definition) is 1. The molecule has 3 aliphatic rings. The Morgan fingerprint density at radius 1 is 1.25 bits per heavy atom. The highest BCUT2D eigenvalue weighted by molar-refractivity contribution is 5.69. The van der Waals surface area contributed by atoms with E-state index >= 15 is 0 Å². The molecule has 1 amide bonds. The minimum atomic E-state index is -0.475. The highest BCUT2D eigenvalue weighted by atomic mass is 16.6. The van der Waals surface area contributed by atoms with Crippen LogP contribution in [-0.4, -0.2) is 57.1 Å². The van der Waals surface area contributed by atoms with Gasteiger partial charge in [0.2, 0.25) is 0 Å². The molecule has 7 heteroatoms. The number of nitrogens with zero attached hydrogens (tertiary/aromatic N) is 3. The van der Waals surface area contributed by atoms with E-state index in [2.05, 4.69) is 9.88 Å². The summed E-state index contributed by atoms with van der Waals surface area (Å²) in [4.78, 5) is 36.9. The molecule has 0 spiro atoms. The predicted molar refractivity (Wildman–Crippen MR) is 106 cm³/mol. The van der Waals surface area contributed by atoms with E-state index in [1.54, 1.807) is 0 Å². The maximum absolute atomic E-state index is 12.5. The molecule has 1 aromatic heterocycles. The summed E-state index contributed by atoms with van der Waals surface area (Å²) in [6.07, 6.45) is 5.90. The van der Waals surface area contributed by atoms with Crippen LogP contribution in [0.4, 0.5) is 4.79 Å². The van der Waals surface area contributed by atoms with Crippen LogP contribution >= 0.6 is 0 Å². The van der Waals surface area contributed by atoms with Crippen molar-refractivity contribution in [1.29, 1.82) is 0 Å². The zero-order chi connectivity index (χ0) is 19.9. The molecular formula is C21H32N4O3. The van der Waals surface area contributed by atoms with Crippen molar-refractivity contribution in [3.63, 3.8) is 0 Å². The summed E-state index contributed by atoms with van der Waals surface area (Å²) >= 11 is 0. The quantitative estimate of drug-likeness (QED) is 0.857. The van der Waals surface area contributed by atoms with E-state index in [9.17, 15) is 9.59 Å². The normalized spacial score (nSPS) is 23.0. The predicted octanol–water partition coefficient (Wildman–Crippen LogP) is 2.48. The third-order valence-corrected chi connectivity index (χ3v) is 5.85. The summed E-state index contributed by atoms with van der Waals surface area (Å²) in [5.74, 6) is 1.53. The lowest BCUT2D eigenvalue weighted by Gasteiger charge is -2.34. The van der Waals surface area contributed by atoms with Gasteiger partial charge in [-0.3, -0.25) is 9.69 Å². The average Bonchev–Trinajstić information content (AvgIpc) is 3.28. The van der Waals surface area contributed by atoms with Gasteiger partial charge < -0.3 is 14.6 Å². The third-order valence-electron chi connectivity index (χ3n) is 5.85. The molecule has 1 N–H and O–H groups in total. The van der Waals surface area contributed by atoms with Crippen molar-refractivity contribution >= 4 is 6.09 Å². The van der Waals surface area contributed by atoms with Gasteiger partial charge in [0.25, 0.3) is 5.56 Å². The SMILES string of the molecule is CC(C)(C)OC(=O)N1CCCC1CN1CCc2c(nc(CC3CC3)[nH]c2=O)C1. The van der Waals surface area contributed by atoms with E-state index in [0.29, 0.717) is 12.5 Å². The average molecular weight is 389 g/mol. The monoisotopic (exact) mass is 388 g/mol. The van der Waals surface area contributed by atoms with Gasteiger partial charge >= 0.3 is 6.09 Å². The van der Waals surface area contributed by atoms with Crippen molar-refractivity contribution in [1.82, 2.24) is 19.8 Å². The fraction of sp³-hybridized carbons (Fsp3) is 0.762. The first-order valence-corrected chi connectivity index (χ1v) is 10.6. The number of amides is 1. The van der Waals surface area contributed by atoms with Crippen LogP contribution in [0.15, 0.2) is 4.79 Å². The Morgan fingerprint density at radius 2 is 2.04 bits per heavy atom. The molecule has 1 aliphatic carbocycles. The standard InChI is InChI=1S/C21H32N4O3/c1-21(2,3)28-20(27)25-9-4-5-15(25)12-24-10-8-16-17(13-24)22-18(23-19(16)26)11-14-6-7-14/h14-15H,4-13H2,1-3H3,(H,22,23,26). The Labute approximate surface area is 166 Å². The minimum absolute atomic E-state index is 0.0385. The molecule has 28 heavy (non-hydrogen) atoms. The first-order chi connectivity index (χ1) is 13.3. The van der Waals surface area contributed by atoms with E-state index in [4.69, 9.17) is 9.72 Å². The zero-order valence-electron chi connectivity index (χ0n) is 17.3. The number of H-pyrrole nitrogens is 1. The van der Waals surface area contributed by atoms with Gasteiger partial charge in [-0.2, -0.15) is 0 Å². The number of hydrogen-bond acceptors (Lipinski definition) is 5. The van der Waals surface area contributed by atoms with Gasteiger partial charge in [0.05, 0.1) is 5.69 Å². The summed E-state index contributed by atoms with van der Waals surface area (Å²) in [5, 5.41) is 0. The lowest BCUT2D eigenvalue weighted by Crippen LogP contribution is -2.47. The first-order valence-electron chi connectivity index (χ1n) is 10.6. The zero-order valence-corrected chi connectivity index (χ0v) is 17.3. The second kappa shape index (κ2) is 7.50. The number of carbonyl (C=O) groups is 1. The Hall–Kier alpha value is -1.89. The Balaban J connectivity index is 1.42. The smallest absolute Gasteiger partial charge is 0.410 e. The van der Waals surface area contributed by atoms with E-state index in [-0.39, 0.29) is 17.7 Å². The molecule has 1 saturated heterocycles. The van der Waals surface area contributed by atoms with Gasteiger partial charge in [0.15, 0.2) is 0 Å². The largest absolute Gasteiger partial charge is 0.444 e. The summed E-state index contributed by atoms with van der Waals surface area (Å²) in [5.41, 5.74) is 1.33. The molecule has 0 bridgehead atoms. The summed E-state index contributed by atoms with van der Waals surface area (Å²) in [6, 6.07) is 0.171. The van der Waals surface area contributed by atoms with Gasteiger partial charge in [-0.05, 0) is 58.8 Å². The lowest BCUT2D eigenvalue weighted by molar-refractivity contribution is 0.0191. The fourth-order valence-electron chi connectivity index (χ4n) is 4.28. The molecule has 1 saturated carbocycles. The van der Waals surface area contributed by atoms with Crippen molar-refractivity contribution in [2.24, 2.45) is 5.92 Å². The fourth-order valence-corrected chi connectivity index (χ4v) is 4.28. The lowest BCUT2D eigenvalue weighted by atomic mass is 10.0. The van der Waals surface area contributed by atoms with Crippen molar-refractivity contribution in [3.05, 3.63) is 27.4 Å². The van der Waals surface area contributed by atoms with Crippen LogP contribution in [0.2, 0.25) is 0 Å². The summed E-state index contributed by atoms with van der Waals surface area (Å²) in [7, 11) is 0. The third kappa shape index (κ3) is 4.57. The minimum Gasteiger partial charge on any atom is -0.444 e. The number of nitrogens with one attached hydrogen (secondary N) is 1. The maximum Gasteiger partial charge on any atom is 0.410 e. The molecule has 0 aromatic carbocycles. The summed E-state index contributed by atoms with van der Waals surface area (Å²) < 4.78 is 5.58. The number of aromatic nitrogens is 2. The molecule has 4 rings (SSSR count). The van der Waals surface area contributed by atoms with E-state index in [1.165, 1.54) is 12.8 Å². The van der Waals surface area contributed by atoms with E-state index in [0.717, 1.165) is 62.4 Å². The van der Waals surface area contributed by atoms with Gasteiger partial charge in [-0.1, -0.05) is 0 Å². The Bertz CT molecular complexity index is 794. The van der Waals surface area contributed by atoms with Crippen molar-refractivity contribution in [2.75, 3.05) is 19.6 Å². The van der Waals surface area contributed by atoms with Crippen LogP contribution in [0, 0.1) is 5.92 Å². The van der Waals surface area contributed by atoms with Gasteiger partial charge in [0, 0.05) is 44.2 Å². The van der Waals surface area contributed by atoms with E-state index < -0.39 is 5.60 Å². The molecule has 1 aromatic rings. The number of fused-ring (bicyclic) bond motifs is 1. The molecular weight excluding hydrogens is 356 g/mol. The molecule has 2 fully saturated rings. The maximum atomic E-state index is 12.5. The number of likely N-dealkylation sites (tertiary alicyclic amines) is 1. The van der Waals surface area contributed by atoms with Crippen LogP contribution in [0.25, 0.3) is 0 Å². The highest BCUT2D eigenvalue weighted by Crippen LogP contribution is 2.31. The number of ether oxygens (including phenoxy) is 1. The van der Waals surface area contributed by atoms with Gasteiger partial charge in [0.1, 0.15) is 11.4 Å². The number of aromatic amines is 1. The number of rotatable bonds is 4. The Kier molecular flexibility index (Phi) is 5.21. The molecule has 2 aliphatic heterocycles. The van der Waals surface area contributed by atoms with Crippen molar-refractivity contribution in [2.45, 2.75) is 77.5 Å². The van der Waals surface area contributed by atoms with Crippen LogP contribution < -0.4 is 5.56 Å². The highest BCUT2D eigenvalue weighted by Gasteiger charge is 2.34. The molecule has 1 unspecified atom stereocenters. The van der Waals surface area contributed by atoms with Crippen molar-refractivity contribution < 1.29 is 9.53 Å². The van der Waals surface area contributed by atoms with Crippen LogP contribution in [0.3, 0.4) is 0 Å². The molecule has 1 atom stereocenters. The second-order valence-corrected chi connectivity index (χ2v) is 9.54. The van der Waals surface area contributed by atoms with E-state index in [1.807, 2.05) is 25.7 Å². The van der Waals surface area contributed by atoms with Crippen molar-refractivity contribution in [3.8, 4) is 0 Å². The number of carbonyl (C=O) groups excluding carboxylic acids is 1. The molecule has 3 heterocycles. The van der Waals surface area contributed by atoms with Crippen LogP contribution in [-0.2, 0) is 24.1 Å². The van der Waals surface area contributed by atoms with Crippen LogP contribution in [0.1, 0.15) is 63.5 Å².